The number of aromatic nitrogens is 8. The van der Waals surface area contributed by atoms with Crippen molar-refractivity contribution in [2.45, 2.75) is 19.9 Å². The minimum atomic E-state index is -2.80. The molecule has 0 spiro atoms. The largest absolute Gasteiger partial charge is 0.377 e. The van der Waals surface area contributed by atoms with Crippen molar-refractivity contribution >= 4 is 39.8 Å². The van der Waals surface area contributed by atoms with Gasteiger partial charge in [-0.25, -0.2) is 29.9 Å². The molecule has 5 heterocycles. The highest BCUT2D eigenvalue weighted by Crippen LogP contribution is 2.33. The van der Waals surface area contributed by atoms with Crippen molar-refractivity contribution in [1.82, 2.24) is 38.9 Å². The summed E-state index contributed by atoms with van der Waals surface area (Å²) in [5.74, 6) is 0.0525. The molecule has 0 fully saturated rings. The predicted molar refractivity (Wildman–Crippen MR) is 150 cm³/mol. The number of nitrogens with one attached hydrogen (secondary N) is 1. The van der Waals surface area contributed by atoms with Crippen molar-refractivity contribution in [2.24, 2.45) is 6.98 Å². The number of benzene rings is 1. The van der Waals surface area contributed by atoms with E-state index in [0.29, 0.717) is 33.2 Å². The zero-order valence-electron chi connectivity index (χ0n) is 23.8. The average molecular weight is 542 g/mol. The van der Waals surface area contributed by atoms with E-state index in [-0.39, 0.29) is 22.7 Å². The van der Waals surface area contributed by atoms with Gasteiger partial charge in [-0.05, 0) is 43.2 Å². The number of hydrogen-bond donors (Lipinski definition) is 2. The Labute approximate surface area is 231 Å². The molecule has 1 atom stereocenters. The molecule has 6 rings (SSSR count). The minimum Gasteiger partial charge on any atom is -0.377 e. The number of halogens is 1. The van der Waals surface area contributed by atoms with Crippen LogP contribution >= 0.6 is 11.6 Å². The zero-order chi connectivity index (χ0) is 29.8. The van der Waals surface area contributed by atoms with Crippen LogP contribution in [0.5, 0.6) is 0 Å². The third-order valence-corrected chi connectivity index (χ3v) is 6.60. The molecule has 5 aromatic heterocycles. The van der Waals surface area contributed by atoms with Gasteiger partial charge in [0.15, 0.2) is 0 Å². The molecule has 0 bridgehead atoms. The molecule has 0 saturated carbocycles. The van der Waals surface area contributed by atoms with Gasteiger partial charge in [-0.15, -0.1) is 0 Å². The number of hydrogen-bond acceptors (Lipinski definition) is 9. The van der Waals surface area contributed by atoms with Crippen LogP contribution in [0.15, 0.2) is 66.5 Å². The minimum absolute atomic E-state index is 0.0525. The molecule has 39 heavy (non-hydrogen) atoms. The van der Waals surface area contributed by atoms with Crippen LogP contribution in [0.4, 0.5) is 11.6 Å². The lowest BCUT2D eigenvalue weighted by molar-refractivity contribution is 0.860. The maximum absolute atomic E-state index is 13.9. The number of anilines is 2. The predicted octanol–water partition coefficient (Wildman–Crippen LogP) is 4.21. The van der Waals surface area contributed by atoms with Gasteiger partial charge in [0.05, 0.1) is 28.3 Å². The molecule has 0 amide bonds. The van der Waals surface area contributed by atoms with Crippen LogP contribution < -0.4 is 16.6 Å². The second-order valence-electron chi connectivity index (χ2n) is 9.03. The smallest absolute Gasteiger partial charge is 0.261 e. The fourth-order valence-corrected chi connectivity index (χ4v) is 4.82. The van der Waals surface area contributed by atoms with Gasteiger partial charge in [-0.2, -0.15) is 0 Å². The lowest BCUT2D eigenvalue weighted by atomic mass is 10.0. The number of pyridine rings is 1. The van der Waals surface area contributed by atoms with E-state index in [1.54, 1.807) is 35.0 Å². The fraction of sp³-hybridized carbons (Fsp3) is 0.148. The number of aryl methyl sites for hydroxylation is 2. The molecule has 0 aliphatic carbocycles. The molecule has 12 heteroatoms. The molecular formula is C27H23ClN10O. The molecule has 0 saturated heterocycles. The quantitative estimate of drug-likeness (QED) is 0.307. The van der Waals surface area contributed by atoms with E-state index in [2.05, 4.69) is 35.2 Å². The highest BCUT2D eigenvalue weighted by molar-refractivity contribution is 6.29. The van der Waals surface area contributed by atoms with Crippen molar-refractivity contribution in [3.63, 3.8) is 0 Å². The maximum Gasteiger partial charge on any atom is 0.261 e. The Bertz CT molecular complexity index is 2030. The van der Waals surface area contributed by atoms with Gasteiger partial charge in [0, 0.05) is 47.0 Å². The molecular weight excluding hydrogens is 516 g/mol. The monoisotopic (exact) mass is 541 g/mol. The van der Waals surface area contributed by atoms with E-state index in [0.717, 1.165) is 15.7 Å². The maximum atomic E-state index is 13.9. The van der Waals surface area contributed by atoms with E-state index in [1.807, 2.05) is 19.9 Å². The number of rotatable bonds is 5. The van der Waals surface area contributed by atoms with Crippen molar-refractivity contribution < 1.29 is 4.11 Å². The SMILES string of the molecule is [2H]C([2H])([2H])n1c(=O)c2cc(C)cc(C(C)Nc3ccc(Cl)nc3-c3cncnc3)c2n2cnc(-c3cnc(N)nc3)c12. The summed E-state index contributed by atoms with van der Waals surface area (Å²) >= 11 is 6.23. The van der Waals surface area contributed by atoms with E-state index in [4.69, 9.17) is 21.4 Å². The van der Waals surface area contributed by atoms with E-state index in [9.17, 15) is 4.79 Å². The molecule has 0 aliphatic rings. The molecule has 11 nitrogen and oxygen atoms in total. The Morgan fingerprint density at radius 1 is 1.05 bits per heavy atom. The van der Waals surface area contributed by atoms with Crippen LogP contribution in [0.1, 0.15) is 28.2 Å². The number of nitrogens with zero attached hydrogens (tertiary/aromatic N) is 8. The summed E-state index contributed by atoms with van der Waals surface area (Å²) in [6, 6.07) is 6.70. The highest BCUT2D eigenvalue weighted by atomic mass is 35.5. The van der Waals surface area contributed by atoms with Gasteiger partial charge in [0.1, 0.15) is 29.1 Å². The van der Waals surface area contributed by atoms with Crippen LogP contribution in [0.2, 0.25) is 5.15 Å². The van der Waals surface area contributed by atoms with E-state index < -0.39 is 18.6 Å². The van der Waals surface area contributed by atoms with Crippen molar-refractivity contribution in [3.8, 4) is 22.5 Å². The topological polar surface area (TPSA) is 142 Å². The van der Waals surface area contributed by atoms with Crippen molar-refractivity contribution in [3.05, 3.63) is 88.3 Å². The second-order valence-corrected chi connectivity index (χ2v) is 9.42. The van der Waals surface area contributed by atoms with E-state index >= 15 is 0 Å². The van der Waals surface area contributed by atoms with Gasteiger partial charge in [0.25, 0.3) is 5.56 Å². The van der Waals surface area contributed by atoms with Gasteiger partial charge in [0.2, 0.25) is 5.95 Å². The van der Waals surface area contributed by atoms with Crippen LogP contribution in [-0.2, 0) is 6.98 Å². The lowest BCUT2D eigenvalue weighted by Gasteiger charge is -2.21. The average Bonchev–Trinajstić information content (AvgIpc) is 3.38. The molecule has 3 N–H and O–H groups in total. The van der Waals surface area contributed by atoms with Crippen LogP contribution in [0.25, 0.3) is 39.1 Å². The Morgan fingerprint density at radius 3 is 2.54 bits per heavy atom. The zero-order valence-corrected chi connectivity index (χ0v) is 21.5. The van der Waals surface area contributed by atoms with Crippen molar-refractivity contribution in [2.75, 3.05) is 11.1 Å². The number of nitrogen functional groups attached to an aromatic ring is 1. The first-order chi connectivity index (χ1) is 20.0. The summed E-state index contributed by atoms with van der Waals surface area (Å²) in [6.07, 6.45) is 9.07. The Kier molecular flexibility index (Phi) is 5.10. The molecule has 1 aromatic carbocycles. The molecule has 0 aliphatic heterocycles. The summed E-state index contributed by atoms with van der Waals surface area (Å²) in [5.41, 5.74) is 9.58. The molecule has 194 valence electrons. The first-order valence-corrected chi connectivity index (χ1v) is 12.2. The van der Waals surface area contributed by atoms with Crippen LogP contribution in [0.3, 0.4) is 0 Å². The first kappa shape index (κ1) is 21.1. The Balaban J connectivity index is 1.60. The van der Waals surface area contributed by atoms with Gasteiger partial charge < -0.3 is 11.1 Å². The molecule has 1 unspecified atom stereocenters. The number of fused-ring (bicyclic) bond motifs is 3. The van der Waals surface area contributed by atoms with Gasteiger partial charge >= 0.3 is 0 Å². The number of nitrogens with two attached hydrogens (primary N) is 1. The van der Waals surface area contributed by atoms with Crippen LogP contribution in [0, 0.1) is 6.92 Å². The second kappa shape index (κ2) is 9.44. The molecule has 6 aromatic rings. The van der Waals surface area contributed by atoms with Crippen LogP contribution in [-0.4, -0.2) is 38.9 Å². The van der Waals surface area contributed by atoms with Crippen molar-refractivity contribution in [1.29, 1.82) is 0 Å². The van der Waals surface area contributed by atoms with E-state index in [1.165, 1.54) is 25.0 Å². The van der Waals surface area contributed by atoms with Gasteiger partial charge in [-0.3, -0.25) is 13.8 Å². The fourth-order valence-electron chi connectivity index (χ4n) is 4.67. The highest BCUT2D eigenvalue weighted by Gasteiger charge is 2.21. The summed E-state index contributed by atoms with van der Waals surface area (Å²) in [6.45, 7) is 0.979. The number of imidazole rings is 1. The normalized spacial score (nSPS) is 13.7. The summed E-state index contributed by atoms with van der Waals surface area (Å²) in [4.78, 5) is 39.2. The standard InChI is InChI=1S/C27H23ClN10O/c1-14-6-18(15(2)35-20-4-5-21(28)36-22(20)16-8-30-12-31-9-16)24-19(7-14)26(39)37(3)25-23(34-13-38(24)25)17-10-32-27(29)33-11-17/h4-13,15,35H,1-3H3,(H2,29,32,33)/i3D3. The Morgan fingerprint density at radius 2 is 1.79 bits per heavy atom. The third kappa shape index (κ3) is 4.22. The molecule has 0 radical (unpaired) electrons. The third-order valence-electron chi connectivity index (χ3n) is 6.39. The van der Waals surface area contributed by atoms with Gasteiger partial charge in [-0.1, -0.05) is 17.7 Å². The first-order valence-electron chi connectivity index (χ1n) is 13.4. The summed E-state index contributed by atoms with van der Waals surface area (Å²) in [5, 5.41) is 4.01. The lowest BCUT2D eigenvalue weighted by Crippen LogP contribution is -2.21. The summed E-state index contributed by atoms with van der Waals surface area (Å²) in [7, 11) is 0. The summed E-state index contributed by atoms with van der Waals surface area (Å²) < 4.78 is 27.1. The Hall–Kier alpha value is -4.90.